The molecule has 1 atom stereocenters. The van der Waals surface area contributed by atoms with E-state index in [-0.39, 0.29) is 24.4 Å². The number of methoxy groups -OCH3 is 1. The fraction of sp³-hybridized carbons (Fsp3) is 0.385. The number of ether oxygens (including phenoxy) is 1. The fourth-order valence-electron chi connectivity index (χ4n) is 2.22. The van der Waals surface area contributed by atoms with Crippen molar-refractivity contribution in [2.45, 2.75) is 19.4 Å². The molecule has 1 heterocycles. The summed E-state index contributed by atoms with van der Waals surface area (Å²) >= 11 is 0. The molecule has 2 rings (SSSR count). The van der Waals surface area contributed by atoms with E-state index in [0.29, 0.717) is 17.9 Å². The molecule has 102 valence electrons. The first kappa shape index (κ1) is 13.2. The van der Waals surface area contributed by atoms with Gasteiger partial charge in [0.2, 0.25) is 11.8 Å². The van der Waals surface area contributed by atoms with Gasteiger partial charge in [0.15, 0.2) is 0 Å². The molecule has 0 aliphatic carbocycles. The van der Waals surface area contributed by atoms with Crippen LogP contribution in [0.2, 0.25) is 0 Å². The van der Waals surface area contributed by atoms with Crippen LogP contribution in [0.4, 0.5) is 11.4 Å². The molecule has 19 heavy (non-hydrogen) atoms. The number of amides is 2. The van der Waals surface area contributed by atoms with Crippen LogP contribution in [0.3, 0.4) is 0 Å². The Kier molecular flexibility index (Phi) is 3.59. The van der Waals surface area contributed by atoms with Gasteiger partial charge in [0, 0.05) is 11.8 Å². The normalized spacial score (nSPS) is 19.3. The third-order valence-corrected chi connectivity index (χ3v) is 3.19. The highest BCUT2D eigenvalue weighted by atomic mass is 16.5. The number of piperazine rings is 1. The molecular weight excluding hydrogens is 246 g/mol. The maximum atomic E-state index is 11.8. The lowest BCUT2D eigenvalue weighted by atomic mass is 10.1. The monoisotopic (exact) mass is 263 g/mol. The van der Waals surface area contributed by atoms with Crippen LogP contribution in [0.15, 0.2) is 18.2 Å². The van der Waals surface area contributed by atoms with Gasteiger partial charge in [-0.15, -0.1) is 0 Å². The van der Waals surface area contributed by atoms with E-state index >= 15 is 0 Å². The van der Waals surface area contributed by atoms with Gasteiger partial charge in [0.25, 0.3) is 0 Å². The lowest BCUT2D eigenvalue weighted by Crippen LogP contribution is -2.58. The van der Waals surface area contributed by atoms with E-state index < -0.39 is 0 Å². The van der Waals surface area contributed by atoms with E-state index in [0.717, 1.165) is 5.69 Å². The van der Waals surface area contributed by atoms with Gasteiger partial charge in [-0.1, -0.05) is 6.92 Å². The minimum atomic E-state index is -0.356. The van der Waals surface area contributed by atoms with Crippen LogP contribution in [0.5, 0.6) is 5.75 Å². The van der Waals surface area contributed by atoms with Gasteiger partial charge in [0.1, 0.15) is 11.8 Å². The molecule has 3 N–H and O–H groups in total. The lowest BCUT2D eigenvalue weighted by Gasteiger charge is -2.35. The summed E-state index contributed by atoms with van der Waals surface area (Å²) in [6, 6.07) is 4.87. The average Bonchev–Trinajstić information content (AvgIpc) is 2.38. The van der Waals surface area contributed by atoms with Gasteiger partial charge in [0.05, 0.1) is 19.3 Å². The molecule has 2 amide bonds. The summed E-state index contributed by atoms with van der Waals surface area (Å²) < 4.78 is 5.16. The maximum Gasteiger partial charge on any atom is 0.249 e. The highest BCUT2D eigenvalue weighted by Gasteiger charge is 2.32. The molecule has 1 aromatic rings. The Morgan fingerprint density at radius 2 is 2.21 bits per heavy atom. The Balaban J connectivity index is 2.37. The number of anilines is 2. The molecule has 0 bridgehead atoms. The van der Waals surface area contributed by atoms with Crippen molar-refractivity contribution in [2.75, 3.05) is 24.3 Å². The van der Waals surface area contributed by atoms with Crippen molar-refractivity contribution < 1.29 is 14.3 Å². The van der Waals surface area contributed by atoms with E-state index in [1.807, 2.05) is 6.92 Å². The van der Waals surface area contributed by atoms with Crippen LogP contribution in [0, 0.1) is 0 Å². The fourth-order valence-corrected chi connectivity index (χ4v) is 2.22. The Bertz CT molecular complexity index is 516. The molecule has 0 aromatic heterocycles. The Morgan fingerprint density at radius 3 is 2.84 bits per heavy atom. The minimum absolute atomic E-state index is 0.150. The first-order valence-corrected chi connectivity index (χ1v) is 6.10. The van der Waals surface area contributed by atoms with Gasteiger partial charge in [-0.2, -0.15) is 0 Å². The Labute approximate surface area is 111 Å². The number of nitrogens with zero attached hydrogens (tertiary/aromatic N) is 1. The first-order valence-electron chi connectivity index (χ1n) is 6.10. The number of carbonyl (C=O) groups is 2. The quantitative estimate of drug-likeness (QED) is 0.613. The molecular formula is C13H17N3O3. The minimum Gasteiger partial charge on any atom is -0.495 e. The van der Waals surface area contributed by atoms with E-state index in [1.54, 1.807) is 23.1 Å². The van der Waals surface area contributed by atoms with Crippen LogP contribution in [0.1, 0.15) is 13.3 Å². The summed E-state index contributed by atoms with van der Waals surface area (Å²) in [5, 5.41) is 2.34. The summed E-state index contributed by atoms with van der Waals surface area (Å²) in [6.07, 6.45) is 0.617. The van der Waals surface area contributed by atoms with Crippen LogP contribution >= 0.6 is 0 Å². The van der Waals surface area contributed by atoms with E-state index in [4.69, 9.17) is 10.5 Å². The van der Waals surface area contributed by atoms with E-state index in [9.17, 15) is 9.59 Å². The number of nitrogens with one attached hydrogen (secondary N) is 1. The van der Waals surface area contributed by atoms with Crippen molar-refractivity contribution in [2.24, 2.45) is 0 Å². The Hall–Kier alpha value is -2.24. The molecule has 0 radical (unpaired) electrons. The summed E-state index contributed by atoms with van der Waals surface area (Å²) in [5.41, 5.74) is 7.03. The first-order chi connectivity index (χ1) is 9.06. The van der Waals surface area contributed by atoms with Gasteiger partial charge in [-0.05, 0) is 18.6 Å². The number of nitrogen functional groups attached to an aromatic ring is 1. The van der Waals surface area contributed by atoms with Gasteiger partial charge in [-0.25, -0.2) is 0 Å². The van der Waals surface area contributed by atoms with Crippen LogP contribution in [-0.4, -0.2) is 31.5 Å². The molecule has 6 nitrogen and oxygen atoms in total. The second kappa shape index (κ2) is 5.17. The topological polar surface area (TPSA) is 84.7 Å². The highest BCUT2D eigenvalue weighted by Crippen LogP contribution is 2.29. The van der Waals surface area contributed by atoms with E-state index in [2.05, 4.69) is 5.32 Å². The smallest absolute Gasteiger partial charge is 0.249 e. The lowest BCUT2D eigenvalue weighted by molar-refractivity contribution is -0.132. The van der Waals surface area contributed by atoms with Crippen LogP contribution in [-0.2, 0) is 9.59 Å². The van der Waals surface area contributed by atoms with Gasteiger partial charge in [-0.3, -0.25) is 14.9 Å². The third kappa shape index (κ3) is 2.47. The molecule has 6 heteroatoms. The standard InChI is InChI=1S/C13H17N3O3/c1-3-10-13(18)15-12(17)7-16(10)8-4-5-9(14)11(6-8)19-2/h4-6,10H,3,7,14H2,1-2H3,(H,15,17,18). The van der Waals surface area contributed by atoms with Crippen LogP contribution in [0.25, 0.3) is 0 Å². The number of rotatable bonds is 3. The molecule has 1 aromatic carbocycles. The van der Waals surface area contributed by atoms with Gasteiger partial charge < -0.3 is 15.4 Å². The predicted molar refractivity (Wildman–Crippen MR) is 72.0 cm³/mol. The maximum absolute atomic E-state index is 11.8. The van der Waals surface area contributed by atoms with Crippen molar-refractivity contribution in [1.82, 2.24) is 5.32 Å². The molecule has 1 fully saturated rings. The van der Waals surface area contributed by atoms with Crippen LogP contribution < -0.4 is 20.7 Å². The zero-order chi connectivity index (χ0) is 14.0. The second-order valence-electron chi connectivity index (χ2n) is 4.39. The van der Waals surface area contributed by atoms with Gasteiger partial charge >= 0.3 is 0 Å². The molecule has 1 aliphatic heterocycles. The number of hydrogen-bond donors (Lipinski definition) is 2. The number of hydrogen-bond acceptors (Lipinski definition) is 5. The largest absolute Gasteiger partial charge is 0.495 e. The van der Waals surface area contributed by atoms with Crippen molar-refractivity contribution >= 4 is 23.2 Å². The molecule has 1 aliphatic rings. The Morgan fingerprint density at radius 1 is 1.47 bits per heavy atom. The van der Waals surface area contributed by atoms with Crippen molar-refractivity contribution in [3.05, 3.63) is 18.2 Å². The molecule has 0 spiro atoms. The molecule has 0 saturated carbocycles. The summed E-state index contributed by atoms with van der Waals surface area (Å²) in [6.45, 7) is 2.05. The average molecular weight is 263 g/mol. The number of imide groups is 1. The summed E-state index contributed by atoms with van der Waals surface area (Å²) in [4.78, 5) is 25.1. The highest BCUT2D eigenvalue weighted by molar-refractivity contribution is 6.04. The third-order valence-electron chi connectivity index (χ3n) is 3.19. The zero-order valence-electron chi connectivity index (χ0n) is 11.0. The number of benzene rings is 1. The van der Waals surface area contributed by atoms with Crippen molar-refractivity contribution in [1.29, 1.82) is 0 Å². The van der Waals surface area contributed by atoms with Crippen molar-refractivity contribution in [3.63, 3.8) is 0 Å². The SMILES string of the molecule is CCC1C(=O)NC(=O)CN1c1ccc(N)c(OC)c1. The molecule has 1 unspecified atom stereocenters. The second-order valence-corrected chi connectivity index (χ2v) is 4.39. The summed E-state index contributed by atoms with van der Waals surface area (Å²) in [5.74, 6) is -0.0363. The predicted octanol–water partition coefficient (Wildman–Crippen LogP) is 0.519. The summed E-state index contributed by atoms with van der Waals surface area (Å²) in [7, 11) is 1.53. The number of nitrogens with two attached hydrogens (primary N) is 1. The zero-order valence-corrected chi connectivity index (χ0v) is 11.0. The number of carbonyl (C=O) groups excluding carboxylic acids is 2. The van der Waals surface area contributed by atoms with E-state index in [1.165, 1.54) is 7.11 Å². The molecule has 1 saturated heterocycles. The van der Waals surface area contributed by atoms with Crippen molar-refractivity contribution in [3.8, 4) is 5.75 Å².